The first-order valence-electron chi connectivity index (χ1n) is 11.6. The second-order valence-electron chi connectivity index (χ2n) is 10.1. The van der Waals surface area contributed by atoms with Gasteiger partial charge in [-0.15, -0.1) is 0 Å². The van der Waals surface area contributed by atoms with Gasteiger partial charge in [0.05, 0.1) is 6.04 Å². The number of nitrogens with zero attached hydrogens (tertiary/aromatic N) is 1. The normalized spacial score (nSPS) is 16.3. The number of ether oxygens (including phenoxy) is 1. The van der Waals surface area contributed by atoms with Crippen LogP contribution in [0.15, 0.2) is 18.2 Å². The highest BCUT2D eigenvalue weighted by Crippen LogP contribution is 2.38. The molecule has 2 aromatic rings. The summed E-state index contributed by atoms with van der Waals surface area (Å²) in [6.07, 6.45) is 3.00. The van der Waals surface area contributed by atoms with E-state index in [4.69, 9.17) is 4.74 Å². The molecule has 6 nitrogen and oxygen atoms in total. The van der Waals surface area contributed by atoms with Gasteiger partial charge in [0, 0.05) is 36.1 Å². The van der Waals surface area contributed by atoms with Crippen LogP contribution in [0, 0.1) is 11.7 Å². The van der Waals surface area contributed by atoms with Crippen molar-refractivity contribution in [1.29, 1.82) is 0 Å². The van der Waals surface area contributed by atoms with Gasteiger partial charge >= 0.3 is 6.09 Å². The fourth-order valence-corrected chi connectivity index (χ4v) is 4.38. The fourth-order valence-electron chi connectivity index (χ4n) is 4.38. The molecule has 0 saturated heterocycles. The number of aromatic amines is 1. The zero-order chi connectivity index (χ0) is 23.5. The zero-order valence-corrected chi connectivity index (χ0v) is 19.9. The van der Waals surface area contributed by atoms with Gasteiger partial charge in [0.15, 0.2) is 0 Å². The summed E-state index contributed by atoms with van der Waals surface area (Å²) < 4.78 is 19.0. The number of nitrogens with one attached hydrogen (secondary N) is 2. The zero-order valence-electron chi connectivity index (χ0n) is 19.9. The van der Waals surface area contributed by atoms with Gasteiger partial charge in [-0.25, -0.2) is 9.18 Å². The minimum absolute atomic E-state index is 0.0263. The molecule has 0 radical (unpaired) electrons. The number of halogens is 1. The van der Waals surface area contributed by atoms with Gasteiger partial charge in [0.2, 0.25) is 5.91 Å². The lowest BCUT2D eigenvalue weighted by Crippen LogP contribution is -2.40. The third-order valence-corrected chi connectivity index (χ3v) is 5.71. The molecular formula is C25H36FN3O3. The van der Waals surface area contributed by atoms with Crippen LogP contribution in [0.1, 0.15) is 77.6 Å². The van der Waals surface area contributed by atoms with E-state index in [1.165, 1.54) is 6.07 Å². The number of rotatable bonds is 7. The number of H-pyrrole nitrogens is 1. The van der Waals surface area contributed by atoms with E-state index in [-0.39, 0.29) is 17.8 Å². The minimum Gasteiger partial charge on any atom is -0.444 e. The van der Waals surface area contributed by atoms with Gasteiger partial charge in [-0.1, -0.05) is 13.8 Å². The molecule has 7 heteroatoms. The number of benzene rings is 1. The van der Waals surface area contributed by atoms with Crippen molar-refractivity contribution in [3.8, 4) is 0 Å². The van der Waals surface area contributed by atoms with Gasteiger partial charge in [-0.3, -0.25) is 4.79 Å². The van der Waals surface area contributed by atoms with Crippen LogP contribution in [0.4, 0.5) is 9.18 Å². The highest BCUT2D eigenvalue weighted by Gasteiger charge is 2.33. The van der Waals surface area contributed by atoms with Crippen molar-refractivity contribution >= 4 is 22.9 Å². The lowest BCUT2D eigenvalue weighted by molar-refractivity contribution is -0.134. The van der Waals surface area contributed by atoms with E-state index in [1.54, 1.807) is 12.1 Å². The van der Waals surface area contributed by atoms with E-state index in [1.807, 2.05) is 25.7 Å². The molecule has 0 aliphatic carbocycles. The second kappa shape index (κ2) is 9.92. The van der Waals surface area contributed by atoms with E-state index < -0.39 is 11.7 Å². The molecule has 32 heavy (non-hydrogen) atoms. The number of hydrogen-bond acceptors (Lipinski definition) is 3. The summed E-state index contributed by atoms with van der Waals surface area (Å²) in [5.74, 6) is 0.309. The Bertz CT molecular complexity index is 961. The predicted molar refractivity (Wildman–Crippen MR) is 124 cm³/mol. The van der Waals surface area contributed by atoms with Crippen molar-refractivity contribution in [3.05, 3.63) is 35.3 Å². The van der Waals surface area contributed by atoms with Crippen LogP contribution in [0.5, 0.6) is 0 Å². The van der Waals surface area contributed by atoms with Crippen molar-refractivity contribution in [2.75, 3.05) is 13.1 Å². The topological polar surface area (TPSA) is 74.4 Å². The van der Waals surface area contributed by atoms with Gasteiger partial charge < -0.3 is 19.9 Å². The Kier molecular flexibility index (Phi) is 7.47. The highest BCUT2D eigenvalue weighted by molar-refractivity contribution is 5.86. The quantitative estimate of drug-likeness (QED) is 0.555. The molecule has 0 spiro atoms. The lowest BCUT2D eigenvalue weighted by Gasteiger charge is -2.37. The first-order valence-corrected chi connectivity index (χ1v) is 11.6. The summed E-state index contributed by atoms with van der Waals surface area (Å²) in [7, 11) is 0. The van der Waals surface area contributed by atoms with E-state index in [0.717, 1.165) is 35.0 Å². The molecule has 1 unspecified atom stereocenters. The highest BCUT2D eigenvalue weighted by atomic mass is 19.1. The number of amides is 2. The van der Waals surface area contributed by atoms with E-state index in [9.17, 15) is 14.0 Å². The largest absolute Gasteiger partial charge is 0.444 e. The summed E-state index contributed by atoms with van der Waals surface area (Å²) in [5.41, 5.74) is 2.58. The number of fused-ring (bicyclic) bond motifs is 3. The van der Waals surface area contributed by atoms with Crippen LogP contribution >= 0.6 is 0 Å². The molecule has 1 aromatic carbocycles. The van der Waals surface area contributed by atoms with Crippen LogP contribution in [-0.2, 0) is 16.0 Å². The Labute approximate surface area is 189 Å². The molecule has 1 aliphatic heterocycles. The van der Waals surface area contributed by atoms with Crippen molar-refractivity contribution in [3.63, 3.8) is 0 Å². The maximum Gasteiger partial charge on any atom is 0.407 e. The number of carbonyl (C=O) groups excluding carboxylic acids is 2. The molecule has 176 valence electrons. The second-order valence-corrected chi connectivity index (χ2v) is 10.1. The third kappa shape index (κ3) is 6.02. The van der Waals surface area contributed by atoms with Crippen LogP contribution in [0.3, 0.4) is 0 Å². The molecule has 1 atom stereocenters. The van der Waals surface area contributed by atoms with E-state index in [0.29, 0.717) is 38.3 Å². The van der Waals surface area contributed by atoms with Crippen LogP contribution in [0.2, 0.25) is 0 Å². The molecule has 1 aliphatic rings. The average molecular weight is 446 g/mol. The lowest BCUT2D eigenvalue weighted by atomic mass is 9.91. The number of carbonyl (C=O) groups is 2. The monoisotopic (exact) mass is 445 g/mol. The molecule has 0 bridgehead atoms. The Balaban J connectivity index is 1.61. The number of hydrogen-bond donors (Lipinski definition) is 2. The predicted octanol–water partition coefficient (Wildman–Crippen LogP) is 5.47. The standard InChI is InChI=1S/C25H36FN3O3/c1-16(2)14-21-23-18(19-15-17(26)9-10-20(19)28-23)11-13-29(21)22(30)8-6-7-12-27-24(31)32-25(3,4)5/h9-10,15-16,21,28H,6-8,11-14H2,1-5H3,(H,27,31). The molecule has 1 aromatic heterocycles. The minimum atomic E-state index is -0.521. The van der Waals surface area contributed by atoms with Crippen LogP contribution in [0.25, 0.3) is 10.9 Å². The molecule has 2 heterocycles. The van der Waals surface area contributed by atoms with Crippen molar-refractivity contribution in [1.82, 2.24) is 15.2 Å². The van der Waals surface area contributed by atoms with Gasteiger partial charge in [-0.05, 0) is 76.1 Å². The molecule has 3 rings (SSSR count). The first-order chi connectivity index (χ1) is 15.0. The Morgan fingerprint density at radius 3 is 2.72 bits per heavy atom. The Hall–Kier alpha value is -2.57. The maximum atomic E-state index is 13.8. The SMILES string of the molecule is CC(C)CC1c2[nH]c3ccc(F)cc3c2CCN1C(=O)CCCCNC(=O)OC(C)(C)C. The average Bonchev–Trinajstić information content (AvgIpc) is 3.04. The van der Waals surface area contributed by atoms with Crippen LogP contribution < -0.4 is 5.32 Å². The molecule has 0 saturated carbocycles. The van der Waals surface area contributed by atoms with Gasteiger partial charge in [0.25, 0.3) is 0 Å². The van der Waals surface area contributed by atoms with Gasteiger partial charge in [0.1, 0.15) is 11.4 Å². The van der Waals surface area contributed by atoms with E-state index in [2.05, 4.69) is 24.1 Å². The van der Waals surface area contributed by atoms with Crippen molar-refractivity contribution in [2.24, 2.45) is 5.92 Å². The fraction of sp³-hybridized carbons (Fsp3) is 0.600. The summed E-state index contributed by atoms with van der Waals surface area (Å²) in [4.78, 5) is 30.3. The molecule has 2 N–H and O–H groups in total. The first kappa shape index (κ1) is 24.1. The van der Waals surface area contributed by atoms with Crippen molar-refractivity contribution < 1.29 is 18.7 Å². The maximum absolute atomic E-state index is 13.8. The summed E-state index contributed by atoms with van der Waals surface area (Å²) >= 11 is 0. The summed E-state index contributed by atoms with van der Waals surface area (Å²) in [5, 5.41) is 3.66. The molecule has 0 fully saturated rings. The summed E-state index contributed by atoms with van der Waals surface area (Å²) in [6.45, 7) is 10.9. The number of alkyl carbamates (subject to hydrolysis) is 1. The van der Waals surface area contributed by atoms with Crippen LogP contribution in [-0.4, -0.2) is 40.6 Å². The Morgan fingerprint density at radius 1 is 1.28 bits per heavy atom. The van der Waals surface area contributed by atoms with E-state index >= 15 is 0 Å². The van der Waals surface area contributed by atoms with Gasteiger partial charge in [-0.2, -0.15) is 0 Å². The molecule has 2 amide bonds. The number of aromatic nitrogens is 1. The summed E-state index contributed by atoms with van der Waals surface area (Å²) in [6, 6.07) is 4.81. The van der Waals surface area contributed by atoms with Crippen molar-refractivity contribution in [2.45, 2.75) is 78.4 Å². The number of unbranched alkanes of at least 4 members (excludes halogenated alkanes) is 1. The molecular weight excluding hydrogens is 409 g/mol. The Morgan fingerprint density at radius 2 is 2.03 bits per heavy atom. The smallest absolute Gasteiger partial charge is 0.407 e. The third-order valence-electron chi connectivity index (χ3n) is 5.71.